The van der Waals surface area contributed by atoms with Crippen LogP contribution in [0.5, 0.6) is 0 Å². The lowest BCUT2D eigenvalue weighted by Gasteiger charge is -2.49. The maximum absolute atomic E-state index is 11.1. The van der Waals surface area contributed by atoms with E-state index in [1.165, 1.54) is 0 Å². The van der Waals surface area contributed by atoms with E-state index in [-0.39, 0.29) is 38.5 Å². The van der Waals surface area contributed by atoms with E-state index in [2.05, 4.69) is 0 Å². The molecule has 0 saturated carbocycles. The largest absolute Gasteiger partial charge is 0.396 e. The average molecular weight is 457 g/mol. The monoisotopic (exact) mass is 456 g/mol. The van der Waals surface area contributed by atoms with Crippen LogP contribution >= 0.6 is 0 Å². The summed E-state index contributed by atoms with van der Waals surface area (Å²) in [7, 11) is 0. The van der Waals surface area contributed by atoms with Gasteiger partial charge in [0.15, 0.2) is 12.6 Å². The van der Waals surface area contributed by atoms with Gasteiger partial charge in [-0.25, -0.2) is 0 Å². The lowest BCUT2D eigenvalue weighted by atomic mass is 9.60. The molecule has 10 nitrogen and oxygen atoms in total. The lowest BCUT2D eigenvalue weighted by molar-refractivity contribution is -0.169. The Morgan fingerprint density at radius 1 is 0.677 bits per heavy atom. The van der Waals surface area contributed by atoms with Crippen LogP contribution in [0.4, 0.5) is 0 Å². The molecule has 0 aliphatic heterocycles. The summed E-state index contributed by atoms with van der Waals surface area (Å²) in [5, 5.41) is 99.4. The lowest BCUT2D eigenvalue weighted by Crippen LogP contribution is -2.56. The molecule has 10 heteroatoms. The van der Waals surface area contributed by atoms with Crippen LogP contribution in [0, 0.1) is 22.7 Å². The van der Waals surface area contributed by atoms with Crippen LogP contribution in [-0.2, 0) is 0 Å². The van der Waals surface area contributed by atoms with Crippen molar-refractivity contribution in [3.05, 3.63) is 0 Å². The molecule has 0 aliphatic rings. The molecule has 0 spiro atoms. The van der Waals surface area contributed by atoms with Crippen LogP contribution in [0.2, 0.25) is 0 Å². The molecule has 0 amide bonds. The third-order valence-electron chi connectivity index (χ3n) is 6.47. The average Bonchev–Trinajstić information content (AvgIpc) is 2.72. The second kappa shape index (κ2) is 14.0. The fraction of sp³-hybridized carbons (Fsp3) is 1.00. The van der Waals surface area contributed by atoms with Crippen LogP contribution < -0.4 is 0 Å². The first-order valence-corrected chi connectivity index (χ1v) is 10.9. The molecule has 0 saturated heterocycles. The quantitative estimate of drug-likeness (QED) is 0.112. The summed E-state index contributed by atoms with van der Waals surface area (Å²) < 4.78 is 0. The molecule has 6 unspecified atom stereocenters. The highest BCUT2D eigenvalue weighted by molar-refractivity contribution is 5.00. The standard InChI is InChI=1S/C21H44O10/c1-13(10-22)18(30)21(12-24,9-5-8-16(27)28)14(6-4-7-15(25)26)17(29)19(31)20(2,3)11-23/h13-19,22-31H,4-12H2,1-3H3. The van der Waals surface area contributed by atoms with E-state index in [0.29, 0.717) is 0 Å². The third-order valence-corrected chi connectivity index (χ3v) is 6.47. The first-order chi connectivity index (χ1) is 14.3. The van der Waals surface area contributed by atoms with Gasteiger partial charge in [0.1, 0.15) is 0 Å². The highest BCUT2D eigenvalue weighted by atomic mass is 16.5. The van der Waals surface area contributed by atoms with E-state index < -0.39 is 73.4 Å². The molecule has 0 aromatic rings. The van der Waals surface area contributed by atoms with Crippen molar-refractivity contribution in [2.45, 2.75) is 90.2 Å². The fourth-order valence-electron chi connectivity index (χ4n) is 4.22. The Bertz CT molecular complexity index is 473. The molecular weight excluding hydrogens is 412 g/mol. The summed E-state index contributed by atoms with van der Waals surface area (Å²) in [5.74, 6) is -1.66. The minimum Gasteiger partial charge on any atom is -0.396 e. The molecule has 0 fully saturated rings. The SMILES string of the molecule is CC(CO)C(O)C(CO)(CCCC(O)O)C(CCCC(O)O)C(O)C(O)C(C)(C)CO. The first-order valence-electron chi connectivity index (χ1n) is 10.9. The Labute approximate surface area is 184 Å². The van der Waals surface area contributed by atoms with Crippen molar-refractivity contribution >= 4 is 0 Å². The Kier molecular flexibility index (Phi) is 13.8. The number of aliphatic hydroxyl groups is 10. The summed E-state index contributed by atoms with van der Waals surface area (Å²) in [6, 6.07) is 0. The molecule has 0 bridgehead atoms. The van der Waals surface area contributed by atoms with Crippen molar-refractivity contribution in [2.75, 3.05) is 19.8 Å². The van der Waals surface area contributed by atoms with Gasteiger partial charge in [-0.3, -0.25) is 0 Å². The molecule has 0 aliphatic carbocycles. The summed E-state index contributed by atoms with van der Waals surface area (Å²) in [6.45, 7) is 3.18. The Hall–Kier alpha value is -0.400. The summed E-state index contributed by atoms with van der Waals surface area (Å²) in [6.07, 6.45) is -7.05. The van der Waals surface area contributed by atoms with Crippen LogP contribution in [0.3, 0.4) is 0 Å². The van der Waals surface area contributed by atoms with Crippen LogP contribution in [0.25, 0.3) is 0 Å². The van der Waals surface area contributed by atoms with Gasteiger partial charge < -0.3 is 51.1 Å². The first kappa shape index (κ1) is 30.6. The molecule has 0 aromatic carbocycles. The molecule has 0 radical (unpaired) electrons. The molecular formula is C21H44O10. The van der Waals surface area contributed by atoms with Crippen LogP contribution in [-0.4, -0.2) is 102 Å². The highest BCUT2D eigenvalue weighted by Crippen LogP contribution is 2.46. The summed E-state index contributed by atoms with van der Waals surface area (Å²) in [4.78, 5) is 0. The van der Waals surface area contributed by atoms with Crippen molar-refractivity contribution in [1.29, 1.82) is 0 Å². The molecule has 31 heavy (non-hydrogen) atoms. The second-order valence-corrected chi connectivity index (χ2v) is 9.47. The smallest absolute Gasteiger partial charge is 0.151 e. The molecule has 10 N–H and O–H groups in total. The number of hydrogen-bond donors (Lipinski definition) is 10. The van der Waals surface area contributed by atoms with Gasteiger partial charge in [-0.05, 0) is 44.4 Å². The van der Waals surface area contributed by atoms with Gasteiger partial charge in [0.2, 0.25) is 0 Å². The minimum atomic E-state index is -1.60. The third kappa shape index (κ3) is 8.81. The molecule has 6 atom stereocenters. The van der Waals surface area contributed by atoms with Crippen molar-refractivity contribution in [2.24, 2.45) is 22.7 Å². The maximum atomic E-state index is 11.1. The maximum Gasteiger partial charge on any atom is 0.151 e. The van der Waals surface area contributed by atoms with Gasteiger partial charge in [0, 0.05) is 23.4 Å². The fourth-order valence-corrected chi connectivity index (χ4v) is 4.22. The predicted molar refractivity (Wildman–Crippen MR) is 112 cm³/mol. The zero-order valence-corrected chi connectivity index (χ0v) is 18.9. The van der Waals surface area contributed by atoms with Gasteiger partial charge in [-0.2, -0.15) is 0 Å². The zero-order chi connectivity index (χ0) is 24.4. The second-order valence-electron chi connectivity index (χ2n) is 9.47. The van der Waals surface area contributed by atoms with Crippen molar-refractivity contribution in [3.63, 3.8) is 0 Å². The highest BCUT2D eigenvalue weighted by Gasteiger charge is 2.51. The van der Waals surface area contributed by atoms with E-state index in [1.807, 2.05) is 0 Å². The molecule has 0 heterocycles. The van der Waals surface area contributed by atoms with Gasteiger partial charge in [0.25, 0.3) is 0 Å². The number of hydrogen-bond acceptors (Lipinski definition) is 10. The van der Waals surface area contributed by atoms with E-state index in [0.717, 1.165) is 0 Å². The molecule has 0 rings (SSSR count). The topological polar surface area (TPSA) is 202 Å². The number of rotatable bonds is 17. The van der Waals surface area contributed by atoms with Gasteiger partial charge >= 0.3 is 0 Å². The normalized spacial score (nSPS) is 19.8. The molecule has 0 aromatic heterocycles. The number of aliphatic hydroxyl groups excluding tert-OH is 8. The van der Waals surface area contributed by atoms with E-state index in [1.54, 1.807) is 20.8 Å². The van der Waals surface area contributed by atoms with E-state index in [9.17, 15) is 51.1 Å². The summed E-state index contributed by atoms with van der Waals surface area (Å²) >= 11 is 0. The Balaban J connectivity index is 6.23. The summed E-state index contributed by atoms with van der Waals surface area (Å²) in [5.41, 5.74) is -2.55. The molecule has 188 valence electrons. The van der Waals surface area contributed by atoms with Crippen molar-refractivity contribution in [3.8, 4) is 0 Å². The van der Waals surface area contributed by atoms with Gasteiger partial charge in [0.05, 0.1) is 31.5 Å². The Morgan fingerprint density at radius 2 is 1.19 bits per heavy atom. The zero-order valence-electron chi connectivity index (χ0n) is 18.9. The van der Waals surface area contributed by atoms with Gasteiger partial charge in [-0.15, -0.1) is 0 Å². The van der Waals surface area contributed by atoms with Gasteiger partial charge in [-0.1, -0.05) is 20.8 Å². The Morgan fingerprint density at radius 3 is 1.61 bits per heavy atom. The minimum absolute atomic E-state index is 0.0365. The van der Waals surface area contributed by atoms with Crippen molar-refractivity contribution < 1.29 is 51.1 Å². The van der Waals surface area contributed by atoms with E-state index >= 15 is 0 Å². The van der Waals surface area contributed by atoms with Crippen LogP contribution in [0.1, 0.15) is 59.3 Å². The predicted octanol–water partition coefficient (Wildman–Crippen LogP) is -1.73. The van der Waals surface area contributed by atoms with Crippen molar-refractivity contribution in [1.82, 2.24) is 0 Å². The van der Waals surface area contributed by atoms with Crippen LogP contribution in [0.15, 0.2) is 0 Å². The van der Waals surface area contributed by atoms with E-state index in [4.69, 9.17) is 0 Å².